The number of rotatable bonds is 4. The number of hydrogen-bond donors (Lipinski definition) is 0. The summed E-state index contributed by atoms with van der Waals surface area (Å²) >= 11 is 0. The van der Waals surface area contributed by atoms with Gasteiger partial charge < -0.3 is 4.57 Å². The van der Waals surface area contributed by atoms with E-state index in [1.54, 1.807) is 0 Å². The fourth-order valence-electron chi connectivity index (χ4n) is 1.96. The molecule has 0 fully saturated rings. The molecule has 0 bridgehead atoms. The fourth-order valence-corrected chi connectivity index (χ4v) is 1.96. The summed E-state index contributed by atoms with van der Waals surface area (Å²) in [6, 6.07) is 5.78. The van der Waals surface area contributed by atoms with Crippen LogP contribution in [0.5, 0.6) is 0 Å². The van der Waals surface area contributed by atoms with Crippen molar-refractivity contribution in [3.8, 4) is 0 Å². The van der Waals surface area contributed by atoms with Crippen molar-refractivity contribution >= 4 is 6.29 Å². The van der Waals surface area contributed by atoms with Crippen molar-refractivity contribution < 1.29 is 4.79 Å². The van der Waals surface area contributed by atoms with Gasteiger partial charge in [0.1, 0.15) is 12.1 Å². The standard InChI is InChI=1S/C14H16N2O/c1-3-16-7-6-15-14(16)9-13-5-4-12(10-17)8-11(13)2/h4-8,10H,3,9H2,1-2H3. The van der Waals surface area contributed by atoms with Gasteiger partial charge in [-0.15, -0.1) is 0 Å². The van der Waals surface area contributed by atoms with E-state index in [-0.39, 0.29) is 0 Å². The molecule has 0 spiro atoms. The zero-order valence-electron chi connectivity index (χ0n) is 10.2. The van der Waals surface area contributed by atoms with Crippen molar-refractivity contribution in [1.29, 1.82) is 0 Å². The lowest BCUT2D eigenvalue weighted by molar-refractivity contribution is 0.112. The van der Waals surface area contributed by atoms with Crippen molar-refractivity contribution in [3.05, 3.63) is 53.1 Å². The maximum Gasteiger partial charge on any atom is 0.150 e. The van der Waals surface area contributed by atoms with E-state index >= 15 is 0 Å². The molecule has 0 aliphatic rings. The predicted octanol–water partition coefficient (Wildman–Crippen LogP) is 2.61. The fraction of sp³-hybridized carbons (Fsp3) is 0.286. The Balaban J connectivity index is 2.27. The quantitative estimate of drug-likeness (QED) is 0.754. The molecule has 0 radical (unpaired) electrons. The normalized spacial score (nSPS) is 10.5. The Bertz CT molecular complexity index is 529. The van der Waals surface area contributed by atoms with E-state index in [0.29, 0.717) is 0 Å². The predicted molar refractivity (Wildman–Crippen MR) is 67.3 cm³/mol. The molecule has 0 atom stereocenters. The van der Waals surface area contributed by atoms with E-state index in [9.17, 15) is 4.79 Å². The molecule has 0 saturated heterocycles. The minimum absolute atomic E-state index is 0.727. The van der Waals surface area contributed by atoms with Crippen molar-refractivity contribution in [2.45, 2.75) is 26.8 Å². The summed E-state index contributed by atoms with van der Waals surface area (Å²) in [5, 5.41) is 0. The highest BCUT2D eigenvalue weighted by Gasteiger charge is 2.05. The first kappa shape index (κ1) is 11.6. The van der Waals surface area contributed by atoms with Gasteiger partial charge in [-0.2, -0.15) is 0 Å². The largest absolute Gasteiger partial charge is 0.335 e. The molecule has 1 heterocycles. The second-order valence-electron chi connectivity index (χ2n) is 4.11. The molecular weight excluding hydrogens is 212 g/mol. The van der Waals surface area contributed by atoms with Gasteiger partial charge in [0.15, 0.2) is 0 Å². The molecule has 0 N–H and O–H groups in total. The number of benzene rings is 1. The van der Waals surface area contributed by atoms with Crippen LogP contribution < -0.4 is 0 Å². The zero-order valence-corrected chi connectivity index (χ0v) is 10.2. The van der Waals surface area contributed by atoms with Crippen LogP contribution in [-0.4, -0.2) is 15.8 Å². The van der Waals surface area contributed by atoms with E-state index < -0.39 is 0 Å². The van der Waals surface area contributed by atoms with E-state index in [2.05, 4.69) is 16.5 Å². The zero-order chi connectivity index (χ0) is 12.3. The highest BCUT2D eigenvalue weighted by molar-refractivity contribution is 5.75. The number of aldehydes is 1. The highest BCUT2D eigenvalue weighted by atomic mass is 16.1. The van der Waals surface area contributed by atoms with Crippen LogP contribution >= 0.6 is 0 Å². The number of imidazole rings is 1. The van der Waals surface area contributed by atoms with Crippen LogP contribution in [0, 0.1) is 6.92 Å². The van der Waals surface area contributed by atoms with Gasteiger partial charge in [-0.05, 0) is 31.0 Å². The van der Waals surface area contributed by atoms with Gasteiger partial charge in [0.2, 0.25) is 0 Å². The summed E-state index contributed by atoms with van der Waals surface area (Å²) in [4.78, 5) is 15.0. The van der Waals surface area contributed by atoms with Gasteiger partial charge in [0.25, 0.3) is 0 Å². The summed E-state index contributed by atoms with van der Waals surface area (Å²) < 4.78 is 2.13. The Morgan fingerprint density at radius 3 is 2.88 bits per heavy atom. The molecule has 3 heteroatoms. The molecule has 3 nitrogen and oxygen atoms in total. The number of nitrogens with zero attached hydrogens (tertiary/aromatic N) is 2. The molecule has 0 amide bonds. The third-order valence-electron chi connectivity index (χ3n) is 2.99. The second-order valence-corrected chi connectivity index (χ2v) is 4.11. The minimum atomic E-state index is 0.727. The first-order valence-corrected chi connectivity index (χ1v) is 5.79. The monoisotopic (exact) mass is 228 g/mol. The number of aromatic nitrogens is 2. The van der Waals surface area contributed by atoms with Crippen LogP contribution in [0.2, 0.25) is 0 Å². The van der Waals surface area contributed by atoms with Gasteiger partial charge in [-0.1, -0.05) is 12.1 Å². The van der Waals surface area contributed by atoms with Gasteiger partial charge in [-0.25, -0.2) is 4.98 Å². The lowest BCUT2D eigenvalue weighted by Gasteiger charge is -2.08. The van der Waals surface area contributed by atoms with Crippen LogP contribution in [0.25, 0.3) is 0 Å². The molecule has 0 aliphatic heterocycles. The lowest BCUT2D eigenvalue weighted by atomic mass is 10.0. The summed E-state index contributed by atoms with van der Waals surface area (Å²) in [5.74, 6) is 1.06. The lowest BCUT2D eigenvalue weighted by Crippen LogP contribution is -2.03. The average Bonchev–Trinajstić information content (AvgIpc) is 2.79. The van der Waals surface area contributed by atoms with E-state index in [1.807, 2.05) is 37.5 Å². The van der Waals surface area contributed by atoms with Crippen LogP contribution in [0.3, 0.4) is 0 Å². The molecule has 1 aromatic heterocycles. The summed E-state index contributed by atoms with van der Waals surface area (Å²) in [6.45, 7) is 5.07. The van der Waals surface area contributed by atoms with E-state index in [4.69, 9.17) is 0 Å². The molecule has 17 heavy (non-hydrogen) atoms. The third kappa shape index (κ3) is 2.44. The number of hydrogen-bond acceptors (Lipinski definition) is 2. The number of carbonyl (C=O) groups excluding carboxylic acids is 1. The van der Waals surface area contributed by atoms with Gasteiger partial charge in [0.05, 0.1) is 0 Å². The van der Waals surface area contributed by atoms with Crippen LogP contribution in [0.15, 0.2) is 30.6 Å². The minimum Gasteiger partial charge on any atom is -0.335 e. The highest BCUT2D eigenvalue weighted by Crippen LogP contribution is 2.14. The van der Waals surface area contributed by atoms with Crippen molar-refractivity contribution in [2.75, 3.05) is 0 Å². The Kier molecular flexibility index (Phi) is 3.38. The van der Waals surface area contributed by atoms with Crippen LogP contribution in [-0.2, 0) is 13.0 Å². The summed E-state index contributed by atoms with van der Waals surface area (Å²) in [5.41, 5.74) is 3.09. The Hall–Kier alpha value is -1.90. The number of aryl methyl sites for hydroxylation is 2. The van der Waals surface area contributed by atoms with E-state index in [0.717, 1.165) is 36.2 Å². The number of carbonyl (C=O) groups is 1. The molecule has 2 rings (SSSR count). The maximum atomic E-state index is 10.7. The topological polar surface area (TPSA) is 34.9 Å². The Morgan fingerprint density at radius 1 is 1.41 bits per heavy atom. The first-order valence-electron chi connectivity index (χ1n) is 5.79. The molecule has 0 saturated carbocycles. The van der Waals surface area contributed by atoms with Gasteiger partial charge >= 0.3 is 0 Å². The molecule has 88 valence electrons. The Labute approximate surface area is 101 Å². The molecule has 2 aromatic rings. The summed E-state index contributed by atoms with van der Waals surface area (Å²) in [7, 11) is 0. The van der Waals surface area contributed by atoms with Gasteiger partial charge in [-0.3, -0.25) is 4.79 Å². The summed E-state index contributed by atoms with van der Waals surface area (Å²) in [6.07, 6.45) is 5.51. The Morgan fingerprint density at radius 2 is 2.24 bits per heavy atom. The molecular formula is C14H16N2O. The molecule has 0 aliphatic carbocycles. The van der Waals surface area contributed by atoms with Crippen molar-refractivity contribution in [3.63, 3.8) is 0 Å². The van der Waals surface area contributed by atoms with Crippen molar-refractivity contribution in [1.82, 2.24) is 9.55 Å². The van der Waals surface area contributed by atoms with Crippen LogP contribution in [0.1, 0.15) is 34.2 Å². The molecule has 1 aromatic carbocycles. The first-order chi connectivity index (χ1) is 8.24. The molecule has 0 unspecified atom stereocenters. The van der Waals surface area contributed by atoms with Crippen LogP contribution in [0.4, 0.5) is 0 Å². The van der Waals surface area contributed by atoms with Crippen molar-refractivity contribution in [2.24, 2.45) is 0 Å². The van der Waals surface area contributed by atoms with E-state index in [1.165, 1.54) is 5.56 Å². The smallest absolute Gasteiger partial charge is 0.150 e. The second kappa shape index (κ2) is 4.95. The third-order valence-corrected chi connectivity index (χ3v) is 2.99. The SMILES string of the molecule is CCn1ccnc1Cc1ccc(C=O)cc1C. The average molecular weight is 228 g/mol. The maximum absolute atomic E-state index is 10.7. The van der Waals surface area contributed by atoms with Gasteiger partial charge in [0, 0.05) is 30.9 Å².